The lowest BCUT2D eigenvalue weighted by molar-refractivity contribution is 1.14. The summed E-state index contributed by atoms with van der Waals surface area (Å²) in [5.74, 6) is 1.78. The molecule has 0 fully saturated rings. The quantitative estimate of drug-likeness (QED) is 0.165. The van der Waals surface area contributed by atoms with E-state index in [-0.39, 0.29) is 0 Å². The standard InChI is InChI=1S/C48H34N4/c1-31-11-7-21-45(49-31)51(41-19-9-15-33-13-3-5-17-37(33)41)43-29-25-35-24-28-40-44(30-26-36-23-27-39(43)47(35)48(36)40)52(46-22-8-12-32(2)50-46)42-20-10-16-34-14-4-6-18-38(34)42/h3-30H,1-2H3. The van der Waals surface area contributed by atoms with Crippen molar-refractivity contribution in [3.05, 3.63) is 181 Å². The van der Waals surface area contributed by atoms with Crippen LogP contribution >= 0.6 is 0 Å². The van der Waals surface area contributed by atoms with Crippen molar-refractivity contribution in [2.24, 2.45) is 0 Å². The van der Waals surface area contributed by atoms with Crippen molar-refractivity contribution in [1.82, 2.24) is 9.97 Å². The summed E-state index contributed by atoms with van der Waals surface area (Å²) < 4.78 is 0. The van der Waals surface area contributed by atoms with Crippen LogP contribution in [-0.4, -0.2) is 9.97 Å². The summed E-state index contributed by atoms with van der Waals surface area (Å²) in [4.78, 5) is 14.9. The lowest BCUT2D eigenvalue weighted by Crippen LogP contribution is -2.14. The van der Waals surface area contributed by atoms with E-state index < -0.39 is 0 Å². The molecule has 0 amide bonds. The summed E-state index contributed by atoms with van der Waals surface area (Å²) >= 11 is 0. The molecule has 0 aliphatic carbocycles. The van der Waals surface area contributed by atoms with Crippen LogP contribution in [0.4, 0.5) is 34.4 Å². The van der Waals surface area contributed by atoms with Gasteiger partial charge in [0.25, 0.3) is 0 Å². The molecule has 0 radical (unpaired) electrons. The molecule has 4 heteroatoms. The van der Waals surface area contributed by atoms with Gasteiger partial charge < -0.3 is 0 Å². The van der Waals surface area contributed by atoms with Gasteiger partial charge in [0.05, 0.1) is 22.7 Å². The molecule has 8 aromatic carbocycles. The van der Waals surface area contributed by atoms with Crippen LogP contribution in [0.1, 0.15) is 11.4 Å². The molecule has 0 aliphatic rings. The number of pyridine rings is 2. The van der Waals surface area contributed by atoms with E-state index in [0.29, 0.717) is 0 Å². The lowest BCUT2D eigenvalue weighted by atomic mass is 9.91. The smallest absolute Gasteiger partial charge is 0.137 e. The minimum absolute atomic E-state index is 0.889. The Morgan fingerprint density at radius 3 is 1.15 bits per heavy atom. The summed E-state index contributed by atoms with van der Waals surface area (Å²) in [6.07, 6.45) is 0. The Hall–Kier alpha value is -6.78. The molecule has 0 unspecified atom stereocenters. The first-order chi connectivity index (χ1) is 25.6. The number of aryl methyl sites for hydroxylation is 2. The molecule has 0 aliphatic heterocycles. The van der Waals surface area contributed by atoms with E-state index in [1.165, 1.54) is 53.9 Å². The fourth-order valence-electron chi connectivity index (χ4n) is 8.03. The van der Waals surface area contributed by atoms with E-state index in [2.05, 4.69) is 194 Å². The van der Waals surface area contributed by atoms with Crippen molar-refractivity contribution in [2.45, 2.75) is 13.8 Å². The van der Waals surface area contributed by atoms with Crippen molar-refractivity contribution >= 4 is 88.2 Å². The number of hydrogen-bond donors (Lipinski definition) is 0. The predicted molar refractivity (Wildman–Crippen MR) is 220 cm³/mol. The molecule has 0 N–H and O–H groups in total. The van der Waals surface area contributed by atoms with Gasteiger partial charge in [0.15, 0.2) is 0 Å². The average Bonchev–Trinajstić information content (AvgIpc) is 3.18. The first-order valence-corrected chi connectivity index (χ1v) is 17.8. The number of rotatable bonds is 6. The molecule has 2 aromatic heterocycles. The second-order valence-corrected chi connectivity index (χ2v) is 13.5. The number of hydrogen-bond acceptors (Lipinski definition) is 4. The highest BCUT2D eigenvalue weighted by atomic mass is 15.2. The summed E-state index contributed by atoms with van der Waals surface area (Å²) in [7, 11) is 0. The topological polar surface area (TPSA) is 32.3 Å². The van der Waals surface area contributed by atoms with Crippen LogP contribution in [0.2, 0.25) is 0 Å². The Labute approximate surface area is 302 Å². The molecule has 0 atom stereocenters. The number of nitrogens with zero attached hydrogens (tertiary/aromatic N) is 4. The average molecular weight is 667 g/mol. The summed E-state index contributed by atoms with van der Waals surface area (Å²) in [5, 5.41) is 12.0. The van der Waals surface area contributed by atoms with Gasteiger partial charge in [-0.05, 0) is 94.7 Å². The highest BCUT2D eigenvalue weighted by Gasteiger charge is 2.24. The van der Waals surface area contributed by atoms with Gasteiger partial charge in [-0.25, -0.2) is 9.97 Å². The third-order valence-electron chi connectivity index (χ3n) is 10.3. The van der Waals surface area contributed by atoms with Gasteiger partial charge in [0.1, 0.15) is 11.6 Å². The highest BCUT2D eigenvalue weighted by Crippen LogP contribution is 2.48. The second kappa shape index (κ2) is 11.9. The van der Waals surface area contributed by atoms with Gasteiger partial charge in [-0.3, -0.25) is 9.80 Å². The van der Waals surface area contributed by atoms with E-state index in [9.17, 15) is 0 Å². The maximum atomic E-state index is 5.09. The van der Waals surface area contributed by atoms with E-state index >= 15 is 0 Å². The van der Waals surface area contributed by atoms with Gasteiger partial charge in [0.2, 0.25) is 0 Å². The number of aromatic nitrogens is 2. The summed E-state index contributed by atoms with van der Waals surface area (Å²) in [6, 6.07) is 61.0. The van der Waals surface area contributed by atoms with Crippen molar-refractivity contribution < 1.29 is 0 Å². The third-order valence-corrected chi connectivity index (χ3v) is 10.3. The van der Waals surface area contributed by atoms with Gasteiger partial charge in [0, 0.05) is 32.9 Å². The fourth-order valence-corrected chi connectivity index (χ4v) is 8.03. The molecule has 0 saturated carbocycles. The summed E-state index contributed by atoms with van der Waals surface area (Å²) in [6.45, 7) is 4.11. The van der Waals surface area contributed by atoms with Crippen molar-refractivity contribution in [3.8, 4) is 0 Å². The predicted octanol–water partition coefficient (Wildman–Crippen LogP) is 13.2. The molecular formula is C48H34N4. The second-order valence-electron chi connectivity index (χ2n) is 13.5. The molecule has 0 bridgehead atoms. The van der Waals surface area contributed by atoms with E-state index in [0.717, 1.165) is 45.8 Å². The number of fused-ring (bicyclic) bond motifs is 2. The molecule has 10 rings (SSSR count). The maximum Gasteiger partial charge on any atom is 0.137 e. The maximum absolute atomic E-state index is 5.09. The van der Waals surface area contributed by atoms with Crippen LogP contribution in [0.15, 0.2) is 170 Å². The highest BCUT2D eigenvalue weighted by molar-refractivity contribution is 6.28. The fraction of sp³-hybridized carbons (Fsp3) is 0.0417. The first kappa shape index (κ1) is 30.1. The Balaban J connectivity index is 1.27. The Bertz CT molecular complexity index is 2750. The normalized spacial score (nSPS) is 11.7. The molecule has 0 spiro atoms. The first-order valence-electron chi connectivity index (χ1n) is 17.8. The van der Waals surface area contributed by atoms with Crippen molar-refractivity contribution in [3.63, 3.8) is 0 Å². The van der Waals surface area contributed by atoms with Gasteiger partial charge in [-0.1, -0.05) is 121 Å². The Morgan fingerprint density at radius 1 is 0.308 bits per heavy atom. The summed E-state index contributed by atoms with van der Waals surface area (Å²) in [5.41, 5.74) is 6.33. The molecule has 0 saturated heterocycles. The SMILES string of the molecule is Cc1cccc(N(c2cccc3ccccc23)c2ccc3ccc4c(N(c5cccc(C)n5)c5cccc6ccccc56)ccc5ccc2c3c54)n1. The molecule has 10 aromatic rings. The largest absolute Gasteiger partial charge is 0.294 e. The van der Waals surface area contributed by atoms with Crippen molar-refractivity contribution in [1.29, 1.82) is 0 Å². The number of benzene rings is 8. The van der Waals surface area contributed by atoms with E-state index in [1.807, 2.05) is 0 Å². The minimum Gasteiger partial charge on any atom is -0.294 e. The van der Waals surface area contributed by atoms with Crippen LogP contribution < -0.4 is 9.80 Å². The van der Waals surface area contributed by atoms with Gasteiger partial charge >= 0.3 is 0 Å². The zero-order valence-corrected chi connectivity index (χ0v) is 29.0. The zero-order valence-electron chi connectivity index (χ0n) is 29.0. The van der Waals surface area contributed by atoms with Crippen LogP contribution in [0, 0.1) is 13.8 Å². The van der Waals surface area contributed by atoms with Crippen molar-refractivity contribution in [2.75, 3.05) is 9.80 Å². The molecular weight excluding hydrogens is 633 g/mol. The molecule has 2 heterocycles. The van der Waals surface area contributed by atoms with Gasteiger partial charge in [-0.2, -0.15) is 0 Å². The van der Waals surface area contributed by atoms with E-state index in [1.54, 1.807) is 0 Å². The Morgan fingerprint density at radius 2 is 0.692 bits per heavy atom. The van der Waals surface area contributed by atoms with Crippen LogP contribution in [0.25, 0.3) is 53.9 Å². The monoisotopic (exact) mass is 666 g/mol. The number of anilines is 6. The zero-order chi connectivity index (χ0) is 34.8. The van der Waals surface area contributed by atoms with Crippen LogP contribution in [0.5, 0.6) is 0 Å². The molecule has 4 nitrogen and oxygen atoms in total. The molecule has 52 heavy (non-hydrogen) atoms. The van der Waals surface area contributed by atoms with Crippen LogP contribution in [-0.2, 0) is 0 Å². The third kappa shape index (κ3) is 4.76. The van der Waals surface area contributed by atoms with Gasteiger partial charge in [-0.15, -0.1) is 0 Å². The lowest BCUT2D eigenvalue weighted by Gasteiger charge is -2.29. The minimum atomic E-state index is 0.889. The Kier molecular flexibility index (Phi) is 6.90. The molecule has 246 valence electrons. The van der Waals surface area contributed by atoms with E-state index in [4.69, 9.17) is 9.97 Å². The van der Waals surface area contributed by atoms with Crippen LogP contribution in [0.3, 0.4) is 0 Å².